The summed E-state index contributed by atoms with van der Waals surface area (Å²) in [6, 6.07) is 0. The molecule has 0 radical (unpaired) electrons. The minimum Gasteiger partial charge on any atom is -0.197 e. The predicted octanol–water partition coefficient (Wildman–Crippen LogP) is 2.44. The average molecular weight is 169 g/mol. The molecule has 0 saturated heterocycles. The van der Waals surface area contributed by atoms with Gasteiger partial charge in [0.2, 0.25) is 0 Å². The molecule has 0 atom stereocenters. The van der Waals surface area contributed by atoms with Gasteiger partial charge in [0.1, 0.15) is 0 Å². The van der Waals surface area contributed by atoms with E-state index >= 15 is 0 Å². The van der Waals surface area contributed by atoms with Crippen LogP contribution < -0.4 is 0 Å². The Hall–Kier alpha value is -0.860. The largest absolute Gasteiger partial charge is 0.197 e. The number of hydrogen-bond acceptors (Lipinski definition) is 2. The van der Waals surface area contributed by atoms with Gasteiger partial charge in [0.25, 0.3) is 0 Å². The minimum absolute atomic E-state index is 0.108. The number of aryl methyl sites for hydroxylation is 1. The highest BCUT2D eigenvalue weighted by Gasteiger charge is 2.19. The lowest BCUT2D eigenvalue weighted by Gasteiger charge is -2.14. The molecule has 3 heteroatoms. The third-order valence-electron chi connectivity index (χ3n) is 1.43. The fourth-order valence-corrected chi connectivity index (χ4v) is 0.994. The monoisotopic (exact) mass is 169 g/mol. The Morgan fingerprint density at radius 1 is 1.08 bits per heavy atom. The van der Waals surface area contributed by atoms with Gasteiger partial charge in [-0.2, -0.15) is 15.4 Å². The molecule has 0 spiro atoms. The van der Waals surface area contributed by atoms with Gasteiger partial charge >= 0.3 is 0 Å². The van der Waals surface area contributed by atoms with Gasteiger partial charge in [-0.15, -0.1) is 0 Å². The van der Waals surface area contributed by atoms with Crippen LogP contribution in [0, 0.1) is 6.92 Å². The van der Waals surface area contributed by atoms with Crippen LogP contribution in [-0.4, -0.2) is 15.4 Å². The van der Waals surface area contributed by atoms with Crippen LogP contribution in [0.3, 0.4) is 0 Å². The normalized spacial score (nSPS) is 10.5. The second kappa shape index (κ2) is 4.24. The maximum absolute atomic E-state index is 4.05. The van der Waals surface area contributed by atoms with E-state index in [1.54, 1.807) is 0 Å². The molecule has 0 aliphatic rings. The highest BCUT2D eigenvalue weighted by Crippen LogP contribution is 2.20. The molecule has 1 aromatic heterocycles. The van der Waals surface area contributed by atoms with E-state index < -0.39 is 0 Å². The number of nitrogens with zero attached hydrogens (tertiary/aromatic N) is 2. The Morgan fingerprint density at radius 2 is 1.58 bits per heavy atom. The molecule has 0 fully saturated rings. The summed E-state index contributed by atoms with van der Waals surface area (Å²) in [6.07, 6.45) is 0. The molecule has 0 unspecified atom stereocenters. The molecular formula is C9H19N3. The van der Waals surface area contributed by atoms with Crippen LogP contribution in [0.15, 0.2) is 0 Å². The SMILES string of the molecule is CC.Cc1n[nH]nc1C(C)(C)C. The van der Waals surface area contributed by atoms with Crippen LogP contribution in [0.2, 0.25) is 0 Å². The molecular weight excluding hydrogens is 150 g/mol. The second-order valence-electron chi connectivity index (χ2n) is 3.51. The molecule has 1 N–H and O–H groups in total. The average Bonchev–Trinajstić information content (AvgIpc) is 2.38. The first-order chi connectivity index (χ1) is 5.52. The van der Waals surface area contributed by atoms with Crippen molar-refractivity contribution < 1.29 is 0 Å². The zero-order chi connectivity index (χ0) is 9.78. The lowest BCUT2D eigenvalue weighted by molar-refractivity contribution is 0.563. The third kappa shape index (κ3) is 2.64. The first-order valence-corrected chi connectivity index (χ1v) is 4.39. The first-order valence-electron chi connectivity index (χ1n) is 4.39. The van der Waals surface area contributed by atoms with Crippen LogP contribution in [0.25, 0.3) is 0 Å². The van der Waals surface area contributed by atoms with E-state index in [1.165, 1.54) is 0 Å². The van der Waals surface area contributed by atoms with Crippen molar-refractivity contribution >= 4 is 0 Å². The van der Waals surface area contributed by atoms with Crippen molar-refractivity contribution in [2.24, 2.45) is 0 Å². The number of rotatable bonds is 0. The Labute approximate surface area is 74.6 Å². The molecule has 70 valence electrons. The van der Waals surface area contributed by atoms with Crippen LogP contribution >= 0.6 is 0 Å². The van der Waals surface area contributed by atoms with Gasteiger partial charge in [0.15, 0.2) is 0 Å². The van der Waals surface area contributed by atoms with Crippen LogP contribution in [0.1, 0.15) is 46.0 Å². The number of aromatic nitrogens is 3. The number of nitrogens with one attached hydrogen (secondary N) is 1. The van der Waals surface area contributed by atoms with Gasteiger partial charge in [-0.1, -0.05) is 34.6 Å². The van der Waals surface area contributed by atoms with Gasteiger partial charge < -0.3 is 0 Å². The standard InChI is InChI=1S/C7H13N3.C2H6/c1-5-6(7(2,3)4)9-10-8-5;1-2/h1-4H3,(H,8,9,10);1-2H3. The molecule has 0 saturated carbocycles. The van der Waals surface area contributed by atoms with Crippen molar-refractivity contribution in [2.45, 2.75) is 47.0 Å². The van der Waals surface area contributed by atoms with Gasteiger partial charge in [0.05, 0.1) is 11.4 Å². The van der Waals surface area contributed by atoms with Crippen molar-refractivity contribution in [3.63, 3.8) is 0 Å². The van der Waals surface area contributed by atoms with Gasteiger partial charge in [-0.3, -0.25) is 0 Å². The fourth-order valence-electron chi connectivity index (χ4n) is 0.994. The van der Waals surface area contributed by atoms with Crippen molar-refractivity contribution in [3.05, 3.63) is 11.4 Å². The number of aromatic amines is 1. The molecule has 12 heavy (non-hydrogen) atoms. The quantitative estimate of drug-likeness (QED) is 0.648. The van der Waals surface area contributed by atoms with E-state index in [9.17, 15) is 0 Å². The Kier molecular flexibility index (Phi) is 3.93. The second-order valence-corrected chi connectivity index (χ2v) is 3.51. The highest BCUT2D eigenvalue weighted by atomic mass is 15.3. The minimum atomic E-state index is 0.108. The summed E-state index contributed by atoms with van der Waals surface area (Å²) in [6.45, 7) is 12.3. The molecule has 0 bridgehead atoms. The van der Waals surface area contributed by atoms with Crippen molar-refractivity contribution in [1.82, 2.24) is 15.4 Å². The lowest BCUT2D eigenvalue weighted by Crippen LogP contribution is -2.13. The summed E-state index contributed by atoms with van der Waals surface area (Å²) >= 11 is 0. The van der Waals surface area contributed by atoms with E-state index in [-0.39, 0.29) is 5.41 Å². The van der Waals surface area contributed by atoms with Crippen LogP contribution in [0.5, 0.6) is 0 Å². The van der Waals surface area contributed by atoms with Crippen LogP contribution in [0.4, 0.5) is 0 Å². The maximum Gasteiger partial charge on any atom is 0.0907 e. The van der Waals surface area contributed by atoms with E-state index in [0.29, 0.717) is 0 Å². The summed E-state index contributed by atoms with van der Waals surface area (Å²) in [5.74, 6) is 0. The molecule has 1 aromatic rings. The molecule has 0 aliphatic carbocycles. The topological polar surface area (TPSA) is 41.6 Å². The van der Waals surface area contributed by atoms with Gasteiger partial charge in [0, 0.05) is 5.41 Å². The highest BCUT2D eigenvalue weighted by molar-refractivity contribution is 5.15. The van der Waals surface area contributed by atoms with Crippen LogP contribution in [-0.2, 0) is 5.41 Å². The summed E-state index contributed by atoms with van der Waals surface area (Å²) in [4.78, 5) is 0. The zero-order valence-electron chi connectivity index (χ0n) is 8.89. The van der Waals surface area contributed by atoms with Crippen molar-refractivity contribution in [1.29, 1.82) is 0 Å². The predicted molar refractivity (Wildman–Crippen MR) is 51.2 cm³/mol. The molecule has 0 aromatic carbocycles. The van der Waals surface area contributed by atoms with Crippen molar-refractivity contribution in [2.75, 3.05) is 0 Å². The molecule has 0 aliphatic heterocycles. The summed E-state index contributed by atoms with van der Waals surface area (Å²) in [5.41, 5.74) is 2.15. The van der Waals surface area contributed by atoms with E-state index in [1.807, 2.05) is 20.8 Å². The Morgan fingerprint density at radius 3 is 1.75 bits per heavy atom. The third-order valence-corrected chi connectivity index (χ3v) is 1.43. The lowest BCUT2D eigenvalue weighted by atomic mass is 9.91. The zero-order valence-corrected chi connectivity index (χ0v) is 8.89. The van der Waals surface area contributed by atoms with E-state index in [4.69, 9.17) is 0 Å². The summed E-state index contributed by atoms with van der Waals surface area (Å²) in [7, 11) is 0. The summed E-state index contributed by atoms with van der Waals surface area (Å²) in [5, 5.41) is 10.6. The number of hydrogen-bond donors (Lipinski definition) is 1. The molecule has 1 heterocycles. The van der Waals surface area contributed by atoms with E-state index in [2.05, 4.69) is 36.2 Å². The fraction of sp³-hybridized carbons (Fsp3) is 0.778. The summed E-state index contributed by atoms with van der Waals surface area (Å²) < 4.78 is 0. The van der Waals surface area contributed by atoms with E-state index in [0.717, 1.165) is 11.4 Å². The van der Waals surface area contributed by atoms with Crippen molar-refractivity contribution in [3.8, 4) is 0 Å². The van der Waals surface area contributed by atoms with Gasteiger partial charge in [-0.05, 0) is 6.92 Å². The maximum atomic E-state index is 4.05. The molecule has 3 nitrogen and oxygen atoms in total. The molecule has 1 rings (SSSR count). The smallest absolute Gasteiger partial charge is 0.0907 e. The first kappa shape index (κ1) is 11.1. The Balaban J connectivity index is 0.000000561. The van der Waals surface area contributed by atoms with Gasteiger partial charge in [-0.25, -0.2) is 0 Å². The molecule has 0 amide bonds. The number of H-pyrrole nitrogens is 1. The Bertz CT molecular complexity index is 220.